The molecule has 2 amide bonds. The van der Waals surface area contributed by atoms with Gasteiger partial charge < -0.3 is 21.1 Å². The van der Waals surface area contributed by atoms with Gasteiger partial charge in [-0.15, -0.1) is 0 Å². The van der Waals surface area contributed by atoms with Crippen molar-refractivity contribution >= 4 is 12.0 Å². The van der Waals surface area contributed by atoms with Crippen LogP contribution in [-0.2, 0) is 4.79 Å². The minimum Gasteiger partial charge on any atom is -0.480 e. The largest absolute Gasteiger partial charge is 0.480 e. The Bertz CT molecular complexity index is 290. The Hall–Kier alpha value is -1.30. The number of nitrogens with one attached hydrogen (secondary N) is 1. The lowest BCUT2D eigenvalue weighted by molar-refractivity contribution is -0.139. The molecule has 0 bridgehead atoms. The van der Waals surface area contributed by atoms with Gasteiger partial charge in [-0.1, -0.05) is 6.92 Å². The van der Waals surface area contributed by atoms with Crippen molar-refractivity contribution in [1.29, 1.82) is 0 Å². The average molecular weight is 257 g/mol. The summed E-state index contributed by atoms with van der Waals surface area (Å²) in [6.45, 7) is 4.70. The minimum atomic E-state index is -0.720. The summed E-state index contributed by atoms with van der Waals surface area (Å²) < 4.78 is 0. The summed E-state index contributed by atoms with van der Waals surface area (Å²) in [5, 5.41) is 11.2. The first kappa shape index (κ1) is 14.8. The second kappa shape index (κ2) is 7.20. The number of hydrogen-bond donors (Lipinski definition) is 3. The van der Waals surface area contributed by atoms with Crippen LogP contribution in [0.2, 0.25) is 0 Å². The van der Waals surface area contributed by atoms with Crippen molar-refractivity contribution in [2.75, 3.05) is 19.6 Å². The highest BCUT2D eigenvalue weighted by Gasteiger charge is 2.20. The Morgan fingerprint density at radius 2 is 2.06 bits per heavy atom. The van der Waals surface area contributed by atoms with Crippen molar-refractivity contribution < 1.29 is 14.7 Å². The number of carbonyl (C=O) groups excluding carboxylic acids is 1. The van der Waals surface area contributed by atoms with Crippen molar-refractivity contribution in [3.8, 4) is 0 Å². The van der Waals surface area contributed by atoms with Gasteiger partial charge in [-0.25, -0.2) is 4.79 Å². The van der Waals surface area contributed by atoms with E-state index in [4.69, 9.17) is 10.8 Å². The van der Waals surface area contributed by atoms with Crippen LogP contribution in [0.3, 0.4) is 0 Å². The fourth-order valence-electron chi connectivity index (χ4n) is 2.28. The number of nitrogens with zero attached hydrogens (tertiary/aromatic N) is 1. The van der Waals surface area contributed by atoms with E-state index in [0.717, 1.165) is 38.9 Å². The van der Waals surface area contributed by atoms with E-state index in [-0.39, 0.29) is 12.1 Å². The highest BCUT2D eigenvalue weighted by Crippen LogP contribution is 2.14. The van der Waals surface area contributed by atoms with Gasteiger partial charge in [0.2, 0.25) is 0 Å². The van der Waals surface area contributed by atoms with Crippen LogP contribution >= 0.6 is 0 Å². The third-order valence-electron chi connectivity index (χ3n) is 3.33. The second-order valence-electron chi connectivity index (χ2n) is 5.02. The molecule has 2 saturated heterocycles. The van der Waals surface area contributed by atoms with Crippen LogP contribution < -0.4 is 11.1 Å². The molecule has 18 heavy (non-hydrogen) atoms. The minimum absolute atomic E-state index is 0.269. The average Bonchev–Trinajstić information content (AvgIpc) is 2.83. The molecule has 4 N–H and O–H groups in total. The standard InChI is InChI=1S/C7H14N2O.C5H9NO2/c1-6-3-2-4-9(5-6)7(8)10;7-5(8)4-2-1-3-6-4/h6H,2-5H2,1H3,(H2,8,10);4,6H,1-3H2,(H,7,8)/t;4-/m.1/s1. The van der Waals surface area contributed by atoms with Gasteiger partial charge in [0, 0.05) is 13.1 Å². The Labute approximate surface area is 108 Å². The van der Waals surface area contributed by atoms with Crippen molar-refractivity contribution in [3.63, 3.8) is 0 Å². The molecule has 2 heterocycles. The predicted molar refractivity (Wildman–Crippen MR) is 68.2 cm³/mol. The van der Waals surface area contributed by atoms with Crippen LogP contribution in [0.25, 0.3) is 0 Å². The number of hydrogen-bond acceptors (Lipinski definition) is 3. The number of primary amides is 1. The molecule has 0 aromatic carbocycles. The van der Waals surface area contributed by atoms with Crippen LogP contribution in [0.1, 0.15) is 32.6 Å². The first-order chi connectivity index (χ1) is 8.50. The number of aliphatic carboxylic acids is 1. The Morgan fingerprint density at radius 3 is 2.39 bits per heavy atom. The molecule has 0 aromatic rings. The van der Waals surface area contributed by atoms with Crippen LogP contribution in [-0.4, -0.2) is 47.7 Å². The van der Waals surface area contributed by atoms with E-state index in [9.17, 15) is 9.59 Å². The Kier molecular flexibility index (Phi) is 5.91. The molecule has 0 aromatic heterocycles. The number of likely N-dealkylation sites (tertiary alicyclic amines) is 1. The summed E-state index contributed by atoms with van der Waals surface area (Å²) in [4.78, 5) is 22.5. The smallest absolute Gasteiger partial charge is 0.320 e. The molecule has 2 aliphatic heterocycles. The Morgan fingerprint density at radius 1 is 1.33 bits per heavy atom. The number of carbonyl (C=O) groups is 2. The number of amides is 2. The van der Waals surface area contributed by atoms with Gasteiger partial charge >= 0.3 is 12.0 Å². The number of carboxylic acid groups (broad SMARTS) is 1. The van der Waals surface area contributed by atoms with E-state index in [0.29, 0.717) is 5.92 Å². The molecular weight excluding hydrogens is 234 g/mol. The fraction of sp³-hybridized carbons (Fsp3) is 0.833. The first-order valence-electron chi connectivity index (χ1n) is 6.51. The van der Waals surface area contributed by atoms with Crippen molar-refractivity contribution in [1.82, 2.24) is 10.2 Å². The number of urea groups is 1. The van der Waals surface area contributed by atoms with Gasteiger partial charge in [-0.2, -0.15) is 0 Å². The third-order valence-corrected chi connectivity index (χ3v) is 3.33. The molecule has 1 unspecified atom stereocenters. The molecule has 2 aliphatic rings. The van der Waals surface area contributed by atoms with Crippen LogP contribution in [0.15, 0.2) is 0 Å². The number of nitrogens with two attached hydrogens (primary N) is 1. The molecule has 104 valence electrons. The van der Waals surface area contributed by atoms with Gasteiger partial charge in [0.15, 0.2) is 0 Å². The predicted octanol–water partition coefficient (Wildman–Crippen LogP) is 0.620. The molecule has 6 nitrogen and oxygen atoms in total. The molecule has 2 fully saturated rings. The van der Waals surface area contributed by atoms with E-state index in [2.05, 4.69) is 12.2 Å². The topological polar surface area (TPSA) is 95.7 Å². The molecule has 2 rings (SSSR count). The SMILES string of the molecule is CC1CCCN(C(N)=O)C1.O=C(O)[C@H]1CCCN1. The zero-order valence-corrected chi connectivity index (χ0v) is 10.9. The Balaban J connectivity index is 0.000000184. The molecule has 0 saturated carbocycles. The van der Waals surface area contributed by atoms with Gasteiger partial charge in [0.1, 0.15) is 6.04 Å². The molecule has 2 atom stereocenters. The summed E-state index contributed by atoms with van der Waals surface area (Å²) >= 11 is 0. The molecule has 0 aliphatic carbocycles. The van der Waals surface area contributed by atoms with E-state index in [1.807, 2.05) is 0 Å². The number of rotatable bonds is 1. The number of piperidine rings is 1. The van der Waals surface area contributed by atoms with E-state index in [1.165, 1.54) is 6.42 Å². The van der Waals surface area contributed by atoms with Gasteiger partial charge in [0.25, 0.3) is 0 Å². The summed E-state index contributed by atoms with van der Waals surface area (Å²) in [6, 6.07) is -0.540. The summed E-state index contributed by atoms with van der Waals surface area (Å²) in [5.74, 6) is -0.0938. The maximum Gasteiger partial charge on any atom is 0.320 e. The summed E-state index contributed by atoms with van der Waals surface area (Å²) in [6.07, 6.45) is 4.11. The van der Waals surface area contributed by atoms with Crippen LogP contribution in [0.4, 0.5) is 4.79 Å². The fourth-order valence-corrected chi connectivity index (χ4v) is 2.28. The highest BCUT2D eigenvalue weighted by molar-refractivity contribution is 5.73. The lowest BCUT2D eigenvalue weighted by atomic mass is 10.0. The third kappa shape index (κ3) is 4.91. The van der Waals surface area contributed by atoms with Crippen molar-refractivity contribution in [2.45, 2.75) is 38.6 Å². The van der Waals surface area contributed by atoms with Crippen LogP contribution in [0.5, 0.6) is 0 Å². The monoisotopic (exact) mass is 257 g/mol. The highest BCUT2D eigenvalue weighted by atomic mass is 16.4. The normalized spacial score (nSPS) is 27.3. The molecule has 6 heteroatoms. The molecule has 0 spiro atoms. The lowest BCUT2D eigenvalue weighted by Crippen LogP contribution is -2.42. The van der Waals surface area contributed by atoms with E-state index < -0.39 is 5.97 Å². The van der Waals surface area contributed by atoms with Crippen molar-refractivity contribution in [2.24, 2.45) is 11.7 Å². The zero-order valence-electron chi connectivity index (χ0n) is 10.9. The zero-order chi connectivity index (χ0) is 13.5. The quantitative estimate of drug-likeness (QED) is 0.641. The maximum atomic E-state index is 10.6. The van der Waals surface area contributed by atoms with Gasteiger partial charge in [0.05, 0.1) is 0 Å². The second-order valence-corrected chi connectivity index (χ2v) is 5.02. The maximum absolute atomic E-state index is 10.6. The molecular formula is C12H23N3O3. The number of carboxylic acids is 1. The lowest BCUT2D eigenvalue weighted by Gasteiger charge is -2.29. The molecule has 0 radical (unpaired) electrons. The first-order valence-corrected chi connectivity index (χ1v) is 6.51. The van der Waals surface area contributed by atoms with Gasteiger partial charge in [-0.3, -0.25) is 4.79 Å². The van der Waals surface area contributed by atoms with E-state index >= 15 is 0 Å². The van der Waals surface area contributed by atoms with Gasteiger partial charge in [-0.05, 0) is 38.1 Å². The van der Waals surface area contributed by atoms with E-state index in [1.54, 1.807) is 4.90 Å². The summed E-state index contributed by atoms with van der Waals surface area (Å²) in [5.41, 5.74) is 5.12. The van der Waals surface area contributed by atoms with Crippen molar-refractivity contribution in [3.05, 3.63) is 0 Å². The summed E-state index contributed by atoms with van der Waals surface area (Å²) in [7, 11) is 0. The van der Waals surface area contributed by atoms with Crippen LogP contribution in [0, 0.1) is 5.92 Å².